The van der Waals surface area contributed by atoms with Crippen molar-refractivity contribution in [1.29, 1.82) is 0 Å². The maximum absolute atomic E-state index is 5.73. The molecule has 0 aliphatic rings. The summed E-state index contributed by atoms with van der Waals surface area (Å²) in [4.78, 5) is 8.55. The molecule has 0 aromatic carbocycles. The van der Waals surface area contributed by atoms with Gasteiger partial charge in [0.2, 0.25) is 5.88 Å². The van der Waals surface area contributed by atoms with Gasteiger partial charge in [0.1, 0.15) is 0 Å². The Morgan fingerprint density at radius 2 is 2.10 bits per heavy atom. The molecule has 2 aromatic heterocycles. The second kappa shape index (κ2) is 7.01. The van der Waals surface area contributed by atoms with Crippen LogP contribution in [0.15, 0.2) is 36.7 Å². The first kappa shape index (κ1) is 14.5. The molecule has 1 atom stereocenters. The van der Waals surface area contributed by atoms with Gasteiger partial charge in [-0.25, -0.2) is 4.98 Å². The van der Waals surface area contributed by atoms with Crippen molar-refractivity contribution in [1.82, 2.24) is 15.3 Å². The van der Waals surface area contributed by atoms with Gasteiger partial charge in [-0.15, -0.1) is 0 Å². The lowest BCUT2D eigenvalue weighted by Crippen LogP contribution is -2.19. The van der Waals surface area contributed by atoms with Gasteiger partial charge in [-0.05, 0) is 44.5 Å². The Morgan fingerprint density at radius 3 is 2.75 bits per heavy atom. The smallest absolute Gasteiger partial charge is 0.219 e. The molecule has 1 N–H and O–H groups in total. The Morgan fingerprint density at radius 1 is 1.25 bits per heavy atom. The summed E-state index contributed by atoms with van der Waals surface area (Å²) in [6.07, 6.45) is 4.73. The summed E-state index contributed by atoms with van der Waals surface area (Å²) in [6.45, 7) is 7.22. The maximum atomic E-state index is 5.73. The van der Waals surface area contributed by atoms with Gasteiger partial charge in [0.05, 0.1) is 5.69 Å². The van der Waals surface area contributed by atoms with Crippen LogP contribution in [0.1, 0.15) is 37.6 Å². The van der Waals surface area contributed by atoms with Crippen molar-refractivity contribution in [3.05, 3.63) is 47.9 Å². The molecule has 0 bridgehead atoms. The number of aromatic nitrogens is 2. The highest BCUT2D eigenvalue weighted by Gasteiger charge is 2.06. The van der Waals surface area contributed by atoms with Crippen LogP contribution in [-0.2, 0) is 0 Å². The average molecular weight is 271 g/mol. The molecule has 4 nitrogen and oxygen atoms in total. The summed E-state index contributed by atoms with van der Waals surface area (Å²) in [6, 6.07) is 7.99. The molecule has 2 rings (SSSR count). The fourth-order valence-corrected chi connectivity index (χ4v) is 1.88. The van der Waals surface area contributed by atoms with Crippen LogP contribution in [0.4, 0.5) is 0 Å². The predicted molar refractivity (Wildman–Crippen MR) is 80.0 cm³/mol. The second-order valence-corrected chi connectivity index (χ2v) is 4.79. The van der Waals surface area contributed by atoms with Crippen LogP contribution < -0.4 is 10.1 Å². The SMILES string of the molecule is CCCNC(C)c1ccc(Oc2cccnc2C)nc1. The molecule has 0 spiro atoms. The highest BCUT2D eigenvalue weighted by atomic mass is 16.5. The lowest BCUT2D eigenvalue weighted by molar-refractivity contribution is 0.455. The molecular formula is C16H21N3O. The third kappa shape index (κ3) is 3.78. The lowest BCUT2D eigenvalue weighted by Gasteiger charge is -2.13. The van der Waals surface area contributed by atoms with E-state index in [4.69, 9.17) is 4.74 Å². The van der Waals surface area contributed by atoms with E-state index in [9.17, 15) is 0 Å². The Bertz CT molecular complexity index is 540. The number of hydrogen-bond donors (Lipinski definition) is 1. The van der Waals surface area contributed by atoms with Gasteiger partial charge < -0.3 is 10.1 Å². The van der Waals surface area contributed by atoms with Crippen molar-refractivity contribution in [2.45, 2.75) is 33.2 Å². The van der Waals surface area contributed by atoms with Gasteiger partial charge in [0.15, 0.2) is 5.75 Å². The number of aryl methyl sites for hydroxylation is 1. The van der Waals surface area contributed by atoms with Crippen LogP contribution in [0.3, 0.4) is 0 Å². The number of nitrogens with zero attached hydrogens (tertiary/aromatic N) is 2. The summed E-state index contributed by atoms with van der Waals surface area (Å²) in [5.74, 6) is 1.33. The molecule has 0 saturated heterocycles. The molecule has 0 aliphatic heterocycles. The fraction of sp³-hybridized carbons (Fsp3) is 0.375. The minimum atomic E-state index is 0.302. The molecule has 0 amide bonds. The lowest BCUT2D eigenvalue weighted by atomic mass is 10.1. The van der Waals surface area contributed by atoms with E-state index in [0.29, 0.717) is 11.9 Å². The molecule has 0 fully saturated rings. The molecule has 0 radical (unpaired) electrons. The third-order valence-electron chi connectivity index (χ3n) is 3.13. The number of rotatable bonds is 6. The Labute approximate surface area is 120 Å². The Hall–Kier alpha value is -1.94. The van der Waals surface area contributed by atoms with Gasteiger partial charge in [0.25, 0.3) is 0 Å². The summed E-state index contributed by atoms with van der Waals surface area (Å²) in [5, 5.41) is 3.44. The number of nitrogens with one attached hydrogen (secondary N) is 1. The van der Waals surface area contributed by atoms with Crippen molar-refractivity contribution < 1.29 is 4.74 Å². The number of ether oxygens (including phenoxy) is 1. The van der Waals surface area contributed by atoms with Crippen LogP contribution in [0.5, 0.6) is 11.6 Å². The van der Waals surface area contributed by atoms with E-state index in [2.05, 4.69) is 29.1 Å². The quantitative estimate of drug-likeness (QED) is 0.871. The van der Waals surface area contributed by atoms with E-state index in [1.807, 2.05) is 37.4 Å². The predicted octanol–water partition coefficient (Wildman–Crippen LogP) is 3.64. The van der Waals surface area contributed by atoms with Crippen LogP contribution in [-0.4, -0.2) is 16.5 Å². The summed E-state index contributed by atoms with van der Waals surface area (Å²) < 4.78 is 5.73. The minimum absolute atomic E-state index is 0.302. The molecule has 106 valence electrons. The largest absolute Gasteiger partial charge is 0.437 e. The molecule has 1 unspecified atom stereocenters. The van der Waals surface area contributed by atoms with Crippen LogP contribution >= 0.6 is 0 Å². The first-order chi connectivity index (χ1) is 9.70. The van der Waals surface area contributed by atoms with Crippen molar-refractivity contribution in [2.75, 3.05) is 6.54 Å². The highest BCUT2D eigenvalue weighted by Crippen LogP contribution is 2.22. The van der Waals surface area contributed by atoms with Gasteiger partial charge in [-0.1, -0.05) is 13.0 Å². The van der Waals surface area contributed by atoms with Crippen LogP contribution in [0.2, 0.25) is 0 Å². The zero-order valence-corrected chi connectivity index (χ0v) is 12.3. The molecule has 0 aliphatic carbocycles. The van der Waals surface area contributed by atoms with E-state index >= 15 is 0 Å². The molecule has 2 heterocycles. The van der Waals surface area contributed by atoms with E-state index in [1.54, 1.807) is 6.20 Å². The summed E-state index contributed by atoms with van der Waals surface area (Å²) >= 11 is 0. The van der Waals surface area contributed by atoms with E-state index < -0.39 is 0 Å². The minimum Gasteiger partial charge on any atom is -0.437 e. The number of hydrogen-bond acceptors (Lipinski definition) is 4. The molecule has 2 aromatic rings. The van der Waals surface area contributed by atoms with Gasteiger partial charge in [-0.3, -0.25) is 4.98 Å². The Balaban J connectivity index is 2.03. The van der Waals surface area contributed by atoms with E-state index in [-0.39, 0.29) is 0 Å². The molecule has 0 saturated carbocycles. The topological polar surface area (TPSA) is 47.0 Å². The van der Waals surface area contributed by atoms with Crippen molar-refractivity contribution >= 4 is 0 Å². The van der Waals surface area contributed by atoms with Gasteiger partial charge in [-0.2, -0.15) is 0 Å². The molecule has 20 heavy (non-hydrogen) atoms. The van der Waals surface area contributed by atoms with Gasteiger partial charge >= 0.3 is 0 Å². The van der Waals surface area contributed by atoms with Gasteiger partial charge in [0, 0.05) is 24.5 Å². The summed E-state index contributed by atoms with van der Waals surface area (Å²) in [7, 11) is 0. The standard InChI is InChI=1S/C16H21N3O/c1-4-9-17-12(2)14-7-8-16(19-11-14)20-15-6-5-10-18-13(15)3/h5-8,10-12,17H,4,9H2,1-3H3. The van der Waals surface area contributed by atoms with Crippen molar-refractivity contribution in [3.63, 3.8) is 0 Å². The average Bonchev–Trinajstić information content (AvgIpc) is 2.48. The van der Waals surface area contributed by atoms with Crippen molar-refractivity contribution in [3.8, 4) is 11.6 Å². The highest BCUT2D eigenvalue weighted by molar-refractivity contribution is 5.30. The van der Waals surface area contributed by atoms with E-state index in [1.165, 1.54) is 0 Å². The fourth-order valence-electron chi connectivity index (χ4n) is 1.88. The Kier molecular flexibility index (Phi) is 5.07. The number of pyridine rings is 2. The molecule has 4 heteroatoms. The summed E-state index contributed by atoms with van der Waals surface area (Å²) in [5.41, 5.74) is 2.02. The second-order valence-electron chi connectivity index (χ2n) is 4.79. The zero-order chi connectivity index (χ0) is 14.4. The van der Waals surface area contributed by atoms with Crippen LogP contribution in [0.25, 0.3) is 0 Å². The van der Waals surface area contributed by atoms with E-state index in [0.717, 1.165) is 30.0 Å². The maximum Gasteiger partial charge on any atom is 0.219 e. The zero-order valence-electron chi connectivity index (χ0n) is 12.3. The normalized spacial score (nSPS) is 12.2. The monoisotopic (exact) mass is 271 g/mol. The van der Waals surface area contributed by atoms with Crippen molar-refractivity contribution in [2.24, 2.45) is 0 Å². The first-order valence-electron chi connectivity index (χ1n) is 6.99. The first-order valence-corrected chi connectivity index (χ1v) is 6.99. The third-order valence-corrected chi connectivity index (χ3v) is 3.13. The van der Waals surface area contributed by atoms with Crippen LogP contribution in [0, 0.1) is 6.92 Å². The molecular weight excluding hydrogens is 250 g/mol.